The highest BCUT2D eigenvalue weighted by Gasteiger charge is 2.11. The van der Waals surface area contributed by atoms with E-state index in [-0.39, 0.29) is 0 Å². The SMILES string of the molecule is ClC(Cl)(Cl)Cl.c1ccsc1. The van der Waals surface area contributed by atoms with Crippen molar-refractivity contribution in [1.82, 2.24) is 0 Å². The second-order valence-electron chi connectivity index (χ2n) is 1.22. The summed E-state index contributed by atoms with van der Waals surface area (Å²) in [6, 6.07) is 4.04. The van der Waals surface area contributed by atoms with Gasteiger partial charge in [-0.25, -0.2) is 0 Å². The molecule has 0 saturated heterocycles. The third kappa shape index (κ3) is 15.9. The highest BCUT2D eigenvalue weighted by Crippen LogP contribution is 2.29. The van der Waals surface area contributed by atoms with Crippen molar-refractivity contribution >= 4 is 57.7 Å². The molecule has 0 N–H and O–H groups in total. The normalized spacial score (nSPS) is 10.0. The Bertz CT molecular complexity index is 120. The van der Waals surface area contributed by atoms with E-state index in [4.69, 9.17) is 46.4 Å². The van der Waals surface area contributed by atoms with E-state index in [2.05, 4.69) is 0 Å². The van der Waals surface area contributed by atoms with Crippen molar-refractivity contribution in [2.24, 2.45) is 0 Å². The van der Waals surface area contributed by atoms with Gasteiger partial charge in [-0.15, -0.1) is 0 Å². The zero-order chi connectivity index (χ0) is 8.04. The minimum absolute atomic E-state index is 1.61. The molecule has 0 radical (unpaired) electrons. The fourth-order valence-electron chi connectivity index (χ4n) is 0.227. The lowest BCUT2D eigenvalue weighted by atomic mass is 10.7. The maximum absolute atomic E-state index is 4.83. The van der Waals surface area contributed by atoms with Crippen molar-refractivity contribution in [3.8, 4) is 0 Å². The van der Waals surface area contributed by atoms with Crippen molar-refractivity contribution in [1.29, 1.82) is 0 Å². The molecule has 0 atom stereocenters. The highest BCUT2D eigenvalue weighted by molar-refractivity contribution is 7.07. The van der Waals surface area contributed by atoms with Gasteiger partial charge in [-0.05, 0) is 10.8 Å². The molecule has 0 spiro atoms. The molecule has 0 aliphatic rings. The second kappa shape index (κ2) is 5.50. The summed E-state index contributed by atoms with van der Waals surface area (Å²) in [6.07, 6.45) is 0. The van der Waals surface area contributed by atoms with Gasteiger partial charge in [0.25, 0.3) is 3.25 Å². The van der Waals surface area contributed by atoms with Gasteiger partial charge in [-0.3, -0.25) is 0 Å². The van der Waals surface area contributed by atoms with Crippen LogP contribution < -0.4 is 0 Å². The van der Waals surface area contributed by atoms with Crippen molar-refractivity contribution in [3.63, 3.8) is 0 Å². The molecule has 0 fully saturated rings. The van der Waals surface area contributed by atoms with Gasteiger partial charge in [0, 0.05) is 0 Å². The Kier molecular flexibility index (Phi) is 5.98. The summed E-state index contributed by atoms with van der Waals surface area (Å²) in [5, 5.41) is 4.08. The Balaban J connectivity index is 0.000000162. The fraction of sp³-hybridized carbons (Fsp3) is 0.200. The lowest BCUT2D eigenvalue weighted by Gasteiger charge is -1.91. The molecule has 5 heteroatoms. The van der Waals surface area contributed by atoms with Gasteiger partial charge in [0.2, 0.25) is 0 Å². The molecule has 0 bridgehead atoms. The molecule has 0 aliphatic heterocycles. The van der Waals surface area contributed by atoms with E-state index in [1.54, 1.807) is 11.3 Å². The first-order valence-electron chi connectivity index (χ1n) is 2.23. The van der Waals surface area contributed by atoms with E-state index in [0.29, 0.717) is 0 Å². The molecule has 58 valence electrons. The van der Waals surface area contributed by atoms with Crippen LogP contribution in [0, 0.1) is 0 Å². The lowest BCUT2D eigenvalue weighted by molar-refractivity contribution is 1.76. The van der Waals surface area contributed by atoms with Crippen LogP contribution >= 0.6 is 57.7 Å². The van der Waals surface area contributed by atoms with Gasteiger partial charge < -0.3 is 0 Å². The van der Waals surface area contributed by atoms with Crippen molar-refractivity contribution in [3.05, 3.63) is 22.9 Å². The van der Waals surface area contributed by atoms with Gasteiger partial charge in [-0.2, -0.15) is 11.3 Å². The highest BCUT2D eigenvalue weighted by atomic mass is 35.6. The summed E-state index contributed by atoms with van der Waals surface area (Å²) >= 11 is 21.0. The van der Waals surface area contributed by atoms with Gasteiger partial charge in [0.05, 0.1) is 0 Å². The third-order valence-corrected chi connectivity index (χ3v) is 1.05. The summed E-state index contributed by atoms with van der Waals surface area (Å²) in [5.41, 5.74) is 0. The number of alkyl halides is 4. The smallest absolute Gasteiger partial charge is 0.152 e. The molecule has 0 aliphatic carbocycles. The number of thiophene rings is 1. The molecule has 1 heterocycles. The topological polar surface area (TPSA) is 0 Å². The predicted octanol–water partition coefficient (Wildman–Crippen LogP) is 4.30. The quantitative estimate of drug-likeness (QED) is 0.591. The Morgan fingerprint density at radius 3 is 1.30 bits per heavy atom. The van der Waals surface area contributed by atoms with Crippen molar-refractivity contribution < 1.29 is 0 Å². The zero-order valence-corrected chi connectivity index (χ0v) is 8.57. The number of hydrogen-bond acceptors (Lipinski definition) is 1. The minimum atomic E-state index is -1.61. The zero-order valence-electron chi connectivity index (χ0n) is 4.73. The van der Waals surface area contributed by atoms with E-state index in [0.717, 1.165) is 0 Å². The first-order valence-corrected chi connectivity index (χ1v) is 4.68. The number of hydrogen-bond donors (Lipinski definition) is 0. The molecular weight excluding hydrogens is 234 g/mol. The summed E-state index contributed by atoms with van der Waals surface area (Å²) in [7, 11) is 0. The largest absolute Gasteiger partial charge is 0.266 e. The van der Waals surface area contributed by atoms with E-state index in [1.807, 2.05) is 22.9 Å². The Labute approximate surface area is 83.7 Å². The molecule has 1 aromatic heterocycles. The molecule has 1 rings (SSSR count). The molecule has 0 aromatic carbocycles. The third-order valence-electron chi connectivity index (χ3n) is 0.425. The Morgan fingerprint density at radius 1 is 0.900 bits per heavy atom. The molecule has 0 nitrogen and oxygen atoms in total. The maximum Gasteiger partial charge on any atom is 0.266 e. The second-order valence-corrected chi connectivity index (χ2v) is 5.47. The summed E-state index contributed by atoms with van der Waals surface area (Å²) in [4.78, 5) is 0. The summed E-state index contributed by atoms with van der Waals surface area (Å²) in [5.74, 6) is 0. The lowest BCUT2D eigenvalue weighted by Crippen LogP contribution is -1.81. The number of rotatable bonds is 0. The molecular formula is C5H4Cl4S. The van der Waals surface area contributed by atoms with Crippen LogP contribution in [0.2, 0.25) is 0 Å². The minimum Gasteiger partial charge on any atom is -0.152 e. The molecule has 1 aromatic rings. The van der Waals surface area contributed by atoms with Crippen LogP contribution in [0.25, 0.3) is 0 Å². The van der Waals surface area contributed by atoms with Crippen molar-refractivity contribution in [2.75, 3.05) is 0 Å². The molecule has 10 heavy (non-hydrogen) atoms. The van der Waals surface area contributed by atoms with Crippen molar-refractivity contribution in [2.45, 2.75) is 3.25 Å². The van der Waals surface area contributed by atoms with Gasteiger partial charge in [-0.1, -0.05) is 58.5 Å². The maximum atomic E-state index is 4.83. The van der Waals surface area contributed by atoms with E-state index >= 15 is 0 Å². The fourth-order valence-corrected chi connectivity index (χ4v) is 0.680. The summed E-state index contributed by atoms with van der Waals surface area (Å²) < 4.78 is -1.61. The molecule has 0 saturated carbocycles. The average molecular weight is 238 g/mol. The van der Waals surface area contributed by atoms with Gasteiger partial charge in [0.1, 0.15) is 0 Å². The Hall–Kier alpha value is 0.860. The first kappa shape index (κ1) is 10.9. The number of halogens is 4. The van der Waals surface area contributed by atoms with Crippen LogP contribution in [0.4, 0.5) is 0 Å². The van der Waals surface area contributed by atoms with Crippen LogP contribution in [0.5, 0.6) is 0 Å². The molecule has 0 amide bonds. The average Bonchev–Trinajstić information content (AvgIpc) is 2.07. The predicted molar refractivity (Wildman–Crippen MR) is 50.5 cm³/mol. The van der Waals surface area contributed by atoms with Crippen LogP contribution in [0.15, 0.2) is 22.9 Å². The monoisotopic (exact) mass is 236 g/mol. The van der Waals surface area contributed by atoms with E-state index in [1.165, 1.54) is 0 Å². The molecule has 0 unspecified atom stereocenters. The van der Waals surface area contributed by atoms with E-state index in [9.17, 15) is 0 Å². The van der Waals surface area contributed by atoms with Crippen LogP contribution in [0.3, 0.4) is 0 Å². The van der Waals surface area contributed by atoms with E-state index < -0.39 is 3.25 Å². The van der Waals surface area contributed by atoms with Crippen LogP contribution in [-0.2, 0) is 0 Å². The summed E-state index contributed by atoms with van der Waals surface area (Å²) in [6.45, 7) is 0. The van der Waals surface area contributed by atoms with Crippen LogP contribution in [0.1, 0.15) is 0 Å². The Morgan fingerprint density at radius 2 is 1.20 bits per heavy atom. The standard InChI is InChI=1S/C4H4S.CCl4/c1-2-4-5-3-1;2-1(3,4)5/h1-4H;. The van der Waals surface area contributed by atoms with Crippen LogP contribution in [-0.4, -0.2) is 3.25 Å². The first-order chi connectivity index (χ1) is 4.50. The van der Waals surface area contributed by atoms with Gasteiger partial charge >= 0.3 is 0 Å². The van der Waals surface area contributed by atoms with Gasteiger partial charge in [0.15, 0.2) is 0 Å².